The van der Waals surface area contributed by atoms with Crippen molar-refractivity contribution >= 4 is 28.1 Å². The van der Waals surface area contributed by atoms with Gasteiger partial charge >= 0.3 is 0 Å². The number of carbonyl (C=O) groups is 1. The molecule has 154 valence electrons. The average Bonchev–Trinajstić information content (AvgIpc) is 3.17. The molecule has 4 rings (SSSR count). The van der Waals surface area contributed by atoms with E-state index in [1.54, 1.807) is 0 Å². The molecule has 8 nitrogen and oxygen atoms in total. The summed E-state index contributed by atoms with van der Waals surface area (Å²) in [4.78, 5) is 30.3. The lowest BCUT2D eigenvalue weighted by molar-refractivity contribution is 0.0951. The zero-order chi connectivity index (χ0) is 21.3. The third kappa shape index (κ3) is 3.63. The number of aromatic amines is 1. The summed E-state index contributed by atoms with van der Waals surface area (Å²) in [6.45, 7) is 7.95. The molecule has 4 aromatic rings. The molecule has 0 spiro atoms. The summed E-state index contributed by atoms with van der Waals surface area (Å²) in [6, 6.07) is 13.9. The molecule has 1 amide bonds. The van der Waals surface area contributed by atoms with Crippen LogP contribution in [-0.4, -0.2) is 45.4 Å². The van der Waals surface area contributed by atoms with Gasteiger partial charge in [-0.2, -0.15) is 0 Å². The Hall–Kier alpha value is -3.68. The van der Waals surface area contributed by atoms with Crippen LogP contribution >= 0.6 is 0 Å². The highest BCUT2D eigenvalue weighted by atomic mass is 16.2. The van der Waals surface area contributed by atoms with Crippen LogP contribution < -0.4 is 15.8 Å². The molecule has 30 heavy (non-hydrogen) atoms. The van der Waals surface area contributed by atoms with Crippen LogP contribution in [0, 0.1) is 13.8 Å². The van der Waals surface area contributed by atoms with Crippen molar-refractivity contribution in [3.05, 3.63) is 69.6 Å². The first-order chi connectivity index (χ1) is 14.5. The number of hydrogen-bond acceptors (Lipinski definition) is 5. The summed E-state index contributed by atoms with van der Waals surface area (Å²) < 4.78 is 1.42. The summed E-state index contributed by atoms with van der Waals surface area (Å²) in [5.41, 5.74) is 4.45. The van der Waals surface area contributed by atoms with Crippen LogP contribution in [0.25, 0.3) is 16.6 Å². The first kappa shape index (κ1) is 19.6. The fraction of sp³-hybridized carbons (Fsp3) is 0.273. The van der Waals surface area contributed by atoms with E-state index < -0.39 is 11.5 Å². The van der Waals surface area contributed by atoms with Crippen LogP contribution in [0.4, 0.5) is 5.69 Å². The van der Waals surface area contributed by atoms with Crippen molar-refractivity contribution in [3.63, 3.8) is 0 Å². The van der Waals surface area contributed by atoms with E-state index in [0.29, 0.717) is 24.1 Å². The maximum Gasteiger partial charge on any atom is 0.277 e. The number of rotatable bonds is 6. The molecule has 2 N–H and O–H groups in total. The largest absolute Gasteiger partial charge is 0.370 e. The number of anilines is 1. The molecule has 8 heteroatoms. The number of amides is 1. The fourth-order valence-corrected chi connectivity index (χ4v) is 3.61. The molecule has 2 aromatic carbocycles. The van der Waals surface area contributed by atoms with Crippen molar-refractivity contribution in [3.8, 4) is 0 Å². The van der Waals surface area contributed by atoms with Gasteiger partial charge in [0.05, 0.1) is 11.0 Å². The number of hydrogen-bond donors (Lipinski definition) is 2. The minimum Gasteiger partial charge on any atom is -0.370 e. The van der Waals surface area contributed by atoms with Gasteiger partial charge in [-0.25, -0.2) is 4.52 Å². The summed E-state index contributed by atoms with van der Waals surface area (Å²) >= 11 is 0. The number of carbonyl (C=O) groups excluding carboxylic acids is 1. The predicted molar refractivity (Wildman–Crippen MR) is 117 cm³/mol. The van der Waals surface area contributed by atoms with Gasteiger partial charge in [0, 0.05) is 25.3 Å². The maximum absolute atomic E-state index is 12.7. The topological polar surface area (TPSA) is 95.4 Å². The molecule has 0 bridgehead atoms. The van der Waals surface area contributed by atoms with Gasteiger partial charge in [-0.05, 0) is 56.2 Å². The van der Waals surface area contributed by atoms with Crippen LogP contribution in [0.1, 0.15) is 28.5 Å². The van der Waals surface area contributed by atoms with E-state index in [4.69, 9.17) is 0 Å². The number of H-pyrrole nitrogens is 1. The predicted octanol–water partition coefficient (Wildman–Crippen LogP) is 2.44. The molecule has 0 radical (unpaired) electrons. The Morgan fingerprint density at radius 1 is 1.17 bits per heavy atom. The molecule has 0 aliphatic rings. The Kier molecular flexibility index (Phi) is 5.22. The van der Waals surface area contributed by atoms with Gasteiger partial charge in [0.15, 0.2) is 11.2 Å². The summed E-state index contributed by atoms with van der Waals surface area (Å²) in [6.07, 6.45) is 0. The first-order valence-electron chi connectivity index (χ1n) is 9.96. The summed E-state index contributed by atoms with van der Waals surface area (Å²) in [7, 11) is 0. The molecule has 0 unspecified atom stereocenters. The van der Waals surface area contributed by atoms with Crippen molar-refractivity contribution in [1.29, 1.82) is 0 Å². The second-order valence-corrected chi connectivity index (χ2v) is 7.35. The highest BCUT2D eigenvalue weighted by Crippen LogP contribution is 2.16. The summed E-state index contributed by atoms with van der Waals surface area (Å²) in [5, 5.41) is 10.9. The number of nitrogens with zero attached hydrogens (tertiary/aromatic N) is 4. The monoisotopic (exact) mass is 404 g/mol. The Morgan fingerprint density at radius 2 is 1.97 bits per heavy atom. The minimum atomic E-state index is -0.415. The van der Waals surface area contributed by atoms with E-state index in [9.17, 15) is 9.59 Å². The first-order valence-corrected chi connectivity index (χ1v) is 9.96. The summed E-state index contributed by atoms with van der Waals surface area (Å²) in [5.74, 6) is -0.415. The minimum absolute atomic E-state index is 0.0253. The molecule has 0 saturated heterocycles. The molecule has 0 saturated carbocycles. The van der Waals surface area contributed by atoms with Gasteiger partial charge in [-0.1, -0.05) is 23.4 Å². The lowest BCUT2D eigenvalue weighted by Crippen LogP contribution is -2.35. The van der Waals surface area contributed by atoms with Gasteiger partial charge in [-0.15, -0.1) is 5.10 Å². The highest BCUT2D eigenvalue weighted by Gasteiger charge is 2.19. The molecule has 2 heterocycles. The van der Waals surface area contributed by atoms with E-state index >= 15 is 0 Å². The van der Waals surface area contributed by atoms with E-state index in [0.717, 1.165) is 17.8 Å². The average molecular weight is 404 g/mol. The molecule has 2 aromatic heterocycles. The van der Waals surface area contributed by atoms with Crippen LogP contribution in [0.3, 0.4) is 0 Å². The molecule has 0 fully saturated rings. The van der Waals surface area contributed by atoms with Gasteiger partial charge in [0.2, 0.25) is 0 Å². The van der Waals surface area contributed by atoms with E-state index in [1.165, 1.54) is 10.1 Å². The van der Waals surface area contributed by atoms with Crippen LogP contribution in [0.5, 0.6) is 0 Å². The zero-order valence-electron chi connectivity index (χ0n) is 17.3. The van der Waals surface area contributed by atoms with Crippen LogP contribution in [0.15, 0.2) is 47.3 Å². The molecular weight excluding hydrogens is 380 g/mol. The van der Waals surface area contributed by atoms with Crippen molar-refractivity contribution in [2.45, 2.75) is 20.8 Å². The van der Waals surface area contributed by atoms with E-state index in [2.05, 4.69) is 57.6 Å². The number of nitrogens with one attached hydrogen (secondary N) is 2. The van der Waals surface area contributed by atoms with Gasteiger partial charge in [0.1, 0.15) is 0 Å². The standard InChI is InChI=1S/C22H24N6O2/c1-4-27(16-7-5-6-14(2)12-16)11-10-23-21(29)19-20-22(30)24-17-13-15(3)8-9-18(17)28(20)26-25-19/h5-9,12-13H,4,10-11H2,1-3H3,(H,23,29)(H,24,30). The second kappa shape index (κ2) is 7.98. The van der Waals surface area contributed by atoms with Crippen molar-refractivity contribution in [2.24, 2.45) is 0 Å². The van der Waals surface area contributed by atoms with Gasteiger partial charge in [0.25, 0.3) is 11.5 Å². The van der Waals surface area contributed by atoms with E-state index in [1.807, 2.05) is 31.2 Å². The van der Waals surface area contributed by atoms with Gasteiger partial charge < -0.3 is 15.2 Å². The van der Waals surface area contributed by atoms with Crippen LogP contribution in [0.2, 0.25) is 0 Å². The fourth-order valence-electron chi connectivity index (χ4n) is 3.61. The maximum atomic E-state index is 12.7. The SMILES string of the molecule is CCN(CCNC(=O)c1nnn2c1c(=O)[nH]c1cc(C)ccc12)c1cccc(C)c1. The third-order valence-electron chi connectivity index (χ3n) is 5.14. The third-order valence-corrected chi connectivity index (χ3v) is 5.14. The Bertz CT molecular complexity index is 1290. The zero-order valence-corrected chi connectivity index (χ0v) is 17.3. The molecule has 0 aliphatic heterocycles. The van der Waals surface area contributed by atoms with Crippen molar-refractivity contribution in [1.82, 2.24) is 25.1 Å². The smallest absolute Gasteiger partial charge is 0.277 e. The molecule has 0 atom stereocenters. The van der Waals surface area contributed by atoms with Crippen molar-refractivity contribution < 1.29 is 4.79 Å². The Balaban J connectivity index is 1.54. The normalized spacial score (nSPS) is 11.2. The Labute approximate surface area is 173 Å². The number of likely N-dealkylation sites (N-methyl/N-ethyl adjacent to an activating group) is 1. The van der Waals surface area contributed by atoms with Gasteiger partial charge in [-0.3, -0.25) is 9.59 Å². The van der Waals surface area contributed by atoms with Crippen LogP contribution in [-0.2, 0) is 0 Å². The Morgan fingerprint density at radius 3 is 2.73 bits per heavy atom. The number of fused-ring (bicyclic) bond motifs is 3. The molecule has 0 aliphatic carbocycles. The number of aryl methyl sites for hydroxylation is 2. The van der Waals surface area contributed by atoms with Crippen molar-refractivity contribution in [2.75, 3.05) is 24.5 Å². The quantitative estimate of drug-likeness (QED) is 0.515. The number of aromatic nitrogens is 4. The lowest BCUT2D eigenvalue weighted by Gasteiger charge is -2.23. The second-order valence-electron chi connectivity index (χ2n) is 7.35. The highest BCUT2D eigenvalue weighted by molar-refractivity contribution is 5.99. The van der Waals surface area contributed by atoms with E-state index in [-0.39, 0.29) is 11.2 Å². The lowest BCUT2D eigenvalue weighted by atomic mass is 10.2. The molecular formula is C22H24N6O2. The number of benzene rings is 2.